The summed E-state index contributed by atoms with van der Waals surface area (Å²) in [7, 11) is 1.66. The molecule has 2 fully saturated rings. The number of carbonyl (C=O) groups is 1. The molecule has 1 unspecified atom stereocenters. The van der Waals surface area contributed by atoms with Gasteiger partial charge in [0.15, 0.2) is 0 Å². The minimum atomic E-state index is -1.73. The maximum atomic E-state index is 14.0. The molecule has 0 amide bonds. The van der Waals surface area contributed by atoms with Crippen LogP contribution in [0.15, 0.2) is 63.9 Å². The second-order valence-corrected chi connectivity index (χ2v) is 14.2. The smallest absolute Gasteiger partial charge is 0.316 e. The molecule has 0 radical (unpaired) electrons. The van der Waals surface area contributed by atoms with E-state index in [1.807, 2.05) is 26.0 Å². The predicted octanol–water partition coefficient (Wildman–Crippen LogP) is 5.85. The van der Waals surface area contributed by atoms with Crippen molar-refractivity contribution in [2.75, 3.05) is 13.7 Å². The number of carbonyl (C=O) groups excluding carboxylic acids is 1. The Morgan fingerprint density at radius 1 is 1.22 bits per heavy atom. The summed E-state index contributed by atoms with van der Waals surface area (Å²) in [6.45, 7) is 14.3. The third-order valence-electron chi connectivity index (χ3n) is 9.95. The number of hydrogen-bond donors (Lipinski definition) is 3. The van der Waals surface area contributed by atoms with Gasteiger partial charge in [-0.15, -0.1) is 0 Å². The first-order valence-corrected chi connectivity index (χ1v) is 16.8. The van der Waals surface area contributed by atoms with E-state index in [-0.39, 0.29) is 36.8 Å². The summed E-state index contributed by atoms with van der Waals surface area (Å²) in [5.41, 5.74) is 2.23. The van der Waals surface area contributed by atoms with Gasteiger partial charge in [-0.2, -0.15) is 0 Å². The Labute approximate surface area is 274 Å². The first-order chi connectivity index (χ1) is 21.8. The zero-order valence-corrected chi connectivity index (χ0v) is 28.8. The zero-order valence-electron chi connectivity index (χ0n) is 28.8. The minimum Gasteiger partial charge on any atom is -0.462 e. The molecule has 0 spiro atoms. The van der Waals surface area contributed by atoms with Crippen molar-refractivity contribution < 1.29 is 39.2 Å². The summed E-state index contributed by atoms with van der Waals surface area (Å²) in [6.07, 6.45) is 11.2. The largest absolute Gasteiger partial charge is 0.462 e. The van der Waals surface area contributed by atoms with Gasteiger partial charge in [-0.1, -0.05) is 74.9 Å². The number of nitrogens with zero attached hydrogens (tertiary/aromatic N) is 1. The second kappa shape index (κ2) is 15.6. The van der Waals surface area contributed by atoms with Crippen molar-refractivity contribution >= 4 is 11.7 Å². The molecule has 3 N–H and O–H groups in total. The molecule has 2 bridgehead atoms. The van der Waals surface area contributed by atoms with Crippen molar-refractivity contribution in [2.24, 2.45) is 28.8 Å². The molecule has 1 aliphatic carbocycles. The monoisotopic (exact) mass is 641 g/mol. The fraction of sp³-hybridized carbons (Fsp3) is 0.676. The van der Waals surface area contributed by atoms with Gasteiger partial charge in [0.05, 0.1) is 30.6 Å². The van der Waals surface area contributed by atoms with Crippen molar-refractivity contribution in [1.82, 2.24) is 0 Å². The number of aliphatic hydroxyl groups excluding tert-OH is 1. The maximum Gasteiger partial charge on any atom is 0.316 e. The van der Waals surface area contributed by atoms with Gasteiger partial charge < -0.3 is 34.4 Å². The van der Waals surface area contributed by atoms with E-state index in [1.54, 1.807) is 20.1 Å². The lowest BCUT2D eigenvalue weighted by Gasteiger charge is -2.42. The molecule has 4 rings (SSSR count). The first-order valence-electron chi connectivity index (χ1n) is 16.8. The van der Waals surface area contributed by atoms with Crippen molar-refractivity contribution in [2.45, 2.75) is 123 Å². The summed E-state index contributed by atoms with van der Waals surface area (Å²) in [5, 5.41) is 36.9. The van der Waals surface area contributed by atoms with Crippen LogP contribution in [0.25, 0.3) is 0 Å². The van der Waals surface area contributed by atoms with E-state index >= 15 is 0 Å². The van der Waals surface area contributed by atoms with Crippen LogP contribution in [0, 0.1) is 23.7 Å². The second-order valence-electron chi connectivity index (χ2n) is 14.2. The van der Waals surface area contributed by atoms with Gasteiger partial charge >= 0.3 is 5.97 Å². The third kappa shape index (κ3) is 8.11. The lowest BCUT2D eigenvalue weighted by molar-refractivity contribution is -0.177. The SMILES string of the molecule is CO[C@H](/C(C)=C/C(C)C)[C@@H](C)/C(CC1C[C@@H]2C[C@@H](C/C=C(\C)C[C@@H](C)/C=C/C=C3\CO[C@@H]4[C@H](O)C(C)=C[C@@H](C(=O)O2)[C@]34O)O1)=N/O. The third-order valence-corrected chi connectivity index (χ3v) is 9.95. The molecule has 0 aromatic rings. The molecule has 0 saturated carbocycles. The van der Waals surface area contributed by atoms with Crippen LogP contribution >= 0.6 is 0 Å². The molecular weight excluding hydrogens is 586 g/mol. The number of ether oxygens (including phenoxy) is 4. The van der Waals surface area contributed by atoms with E-state index in [9.17, 15) is 20.2 Å². The highest BCUT2D eigenvalue weighted by molar-refractivity contribution is 5.87. The minimum absolute atomic E-state index is 0.109. The number of oxime groups is 1. The molecule has 0 aromatic heterocycles. The molecule has 46 heavy (non-hydrogen) atoms. The number of methoxy groups -OCH3 is 1. The fourth-order valence-corrected chi connectivity index (χ4v) is 7.64. The lowest BCUT2D eigenvalue weighted by atomic mass is 9.71. The first kappa shape index (κ1) is 36.3. The van der Waals surface area contributed by atoms with Crippen LogP contribution < -0.4 is 0 Å². The van der Waals surface area contributed by atoms with Gasteiger partial charge in [0.1, 0.15) is 29.8 Å². The van der Waals surface area contributed by atoms with Crippen molar-refractivity contribution in [3.63, 3.8) is 0 Å². The molecular formula is C37H55NO8. The van der Waals surface area contributed by atoms with Gasteiger partial charge in [0.2, 0.25) is 0 Å². The average molecular weight is 642 g/mol. The lowest BCUT2D eigenvalue weighted by Crippen LogP contribution is -2.57. The molecule has 9 nitrogen and oxygen atoms in total. The maximum absolute atomic E-state index is 14.0. The summed E-state index contributed by atoms with van der Waals surface area (Å²) < 4.78 is 24.5. The number of aliphatic hydroxyl groups is 2. The molecule has 256 valence electrons. The van der Waals surface area contributed by atoms with Gasteiger partial charge in [0.25, 0.3) is 0 Å². The number of rotatable bonds is 7. The molecule has 9 heteroatoms. The molecule has 0 aromatic carbocycles. The number of fused-ring (bicyclic) bond motifs is 2. The summed E-state index contributed by atoms with van der Waals surface area (Å²) in [4.78, 5) is 14.0. The Balaban J connectivity index is 1.64. The van der Waals surface area contributed by atoms with E-state index in [1.165, 1.54) is 5.57 Å². The Bertz CT molecular complexity index is 1280. The van der Waals surface area contributed by atoms with Crippen LogP contribution in [0.3, 0.4) is 0 Å². The van der Waals surface area contributed by atoms with Gasteiger partial charge in [-0.05, 0) is 62.2 Å². The predicted molar refractivity (Wildman–Crippen MR) is 177 cm³/mol. The Kier molecular flexibility index (Phi) is 12.3. The van der Waals surface area contributed by atoms with E-state index in [4.69, 9.17) is 18.9 Å². The Morgan fingerprint density at radius 2 is 1.96 bits per heavy atom. The standard InChI is InChI=1S/C37H55NO8/c1-21(2)14-25(6)34(43-8)26(7)32(38-42)19-30-18-29-17-28(45-30)13-12-23(4)15-22(3)10-9-11-27-20-44-35-33(39)24(5)16-31(36(40)46-29)37(27,35)41/h9-12,14,16,21-22,26,28-31,33-35,39,41-42H,13,15,17-20H2,1-8H3/b10-9+,23-12+,25-14+,27-11+,38-32+/t22-,26-,28+,29-,30?,31-,33+,34+,35+,37+/m0/s1. The normalized spacial score (nSPS) is 38.9. The zero-order chi connectivity index (χ0) is 33.8. The highest BCUT2D eigenvalue weighted by Gasteiger charge is 2.59. The van der Waals surface area contributed by atoms with Crippen LogP contribution in [0.2, 0.25) is 0 Å². The van der Waals surface area contributed by atoms with Gasteiger partial charge in [0, 0.05) is 32.3 Å². The molecule has 4 aliphatic rings. The quantitative estimate of drug-likeness (QED) is 0.104. The summed E-state index contributed by atoms with van der Waals surface area (Å²) in [5.74, 6) is -1.22. The molecule has 3 aliphatic heterocycles. The van der Waals surface area contributed by atoms with Gasteiger partial charge in [-0.25, -0.2) is 0 Å². The average Bonchev–Trinajstić information content (AvgIpc) is 3.32. The Morgan fingerprint density at radius 3 is 2.63 bits per heavy atom. The van der Waals surface area contributed by atoms with E-state index in [0.29, 0.717) is 48.5 Å². The summed E-state index contributed by atoms with van der Waals surface area (Å²) in [6, 6.07) is 0. The topological polar surface area (TPSA) is 127 Å². The Hall–Kier alpha value is -2.56. The van der Waals surface area contributed by atoms with Crippen LogP contribution in [-0.4, -0.2) is 83.0 Å². The van der Waals surface area contributed by atoms with Crippen LogP contribution in [0.5, 0.6) is 0 Å². The highest BCUT2D eigenvalue weighted by atomic mass is 16.6. The number of allylic oxidation sites excluding steroid dienone is 5. The molecule has 2 saturated heterocycles. The fourth-order valence-electron chi connectivity index (χ4n) is 7.64. The van der Waals surface area contributed by atoms with Crippen LogP contribution in [0.4, 0.5) is 0 Å². The van der Waals surface area contributed by atoms with E-state index in [0.717, 1.165) is 12.0 Å². The highest BCUT2D eigenvalue weighted by Crippen LogP contribution is 2.45. The van der Waals surface area contributed by atoms with E-state index in [2.05, 4.69) is 51.1 Å². The summed E-state index contributed by atoms with van der Waals surface area (Å²) >= 11 is 0. The molecule has 3 heterocycles. The number of hydrogen-bond acceptors (Lipinski definition) is 9. The van der Waals surface area contributed by atoms with E-state index < -0.39 is 35.8 Å². The van der Waals surface area contributed by atoms with Gasteiger partial charge in [-0.3, -0.25) is 4.79 Å². The van der Waals surface area contributed by atoms with Crippen molar-refractivity contribution in [3.05, 3.63) is 58.7 Å². The number of esters is 1. The van der Waals surface area contributed by atoms with Crippen molar-refractivity contribution in [1.29, 1.82) is 0 Å². The van der Waals surface area contributed by atoms with Crippen molar-refractivity contribution in [3.8, 4) is 0 Å². The van der Waals surface area contributed by atoms with Crippen LogP contribution in [-0.2, 0) is 23.7 Å². The van der Waals surface area contributed by atoms with Crippen LogP contribution in [0.1, 0.15) is 80.6 Å². The molecule has 10 atom stereocenters.